The molecule has 0 aliphatic carbocycles. The van der Waals surface area contributed by atoms with E-state index in [2.05, 4.69) is 4.98 Å². The highest BCUT2D eigenvalue weighted by Crippen LogP contribution is 2.29. The van der Waals surface area contributed by atoms with E-state index in [0.29, 0.717) is 18.2 Å². The van der Waals surface area contributed by atoms with Crippen LogP contribution in [-0.2, 0) is 11.3 Å². The summed E-state index contributed by atoms with van der Waals surface area (Å²) in [4.78, 5) is 41.0. The number of likely N-dealkylation sites (N-methyl/N-ethyl adjacent to an activating group) is 1. The Morgan fingerprint density at radius 3 is 2.84 bits per heavy atom. The zero-order valence-electron chi connectivity index (χ0n) is 17.5. The Morgan fingerprint density at radius 2 is 2.13 bits per heavy atom. The average molecular weight is 445 g/mol. The van der Waals surface area contributed by atoms with Gasteiger partial charge in [-0.2, -0.15) is 0 Å². The van der Waals surface area contributed by atoms with Gasteiger partial charge in [0.25, 0.3) is 11.5 Å². The summed E-state index contributed by atoms with van der Waals surface area (Å²) in [5.74, 6) is 0.268. The van der Waals surface area contributed by atoms with Crippen molar-refractivity contribution >= 4 is 35.1 Å². The molecule has 164 valence electrons. The number of carbonyl (C=O) groups is 1. The van der Waals surface area contributed by atoms with Gasteiger partial charge in [-0.05, 0) is 43.2 Å². The van der Waals surface area contributed by atoms with E-state index in [-0.39, 0.29) is 18.1 Å². The Kier molecular flexibility index (Phi) is 7.02. The van der Waals surface area contributed by atoms with E-state index in [1.54, 1.807) is 31.2 Å². The highest BCUT2D eigenvalue weighted by atomic mass is 35.5. The Balaban J connectivity index is 1.89. The van der Waals surface area contributed by atoms with Crippen molar-refractivity contribution in [1.29, 1.82) is 0 Å². The molecule has 0 spiro atoms. The number of unbranched alkanes of at least 4 members (excludes halogenated alkanes) is 1. The van der Waals surface area contributed by atoms with Gasteiger partial charge in [-0.15, -0.1) is 0 Å². The molecule has 1 aliphatic rings. The van der Waals surface area contributed by atoms with Crippen molar-refractivity contribution in [3.63, 3.8) is 0 Å². The lowest BCUT2D eigenvalue weighted by Gasteiger charge is -2.22. The predicted octanol–water partition coefficient (Wildman–Crippen LogP) is 2.96. The van der Waals surface area contributed by atoms with Crippen molar-refractivity contribution in [3.05, 3.63) is 67.3 Å². The molecule has 3 N–H and O–H groups in total. The van der Waals surface area contributed by atoms with Gasteiger partial charge in [0.1, 0.15) is 18.2 Å². The van der Waals surface area contributed by atoms with Crippen molar-refractivity contribution in [3.8, 4) is 5.75 Å². The fourth-order valence-electron chi connectivity index (χ4n) is 3.33. The van der Waals surface area contributed by atoms with Crippen LogP contribution in [0.3, 0.4) is 0 Å². The van der Waals surface area contributed by atoms with Crippen molar-refractivity contribution in [2.24, 2.45) is 0 Å². The number of anilines is 2. The molecule has 1 aromatic carbocycles. The molecule has 1 aliphatic heterocycles. The fraction of sp³-hybridized carbons (Fsp3) is 0.318. The number of hydrogen-bond donors (Lipinski definition) is 2. The molecule has 2 aromatic rings. The molecule has 1 aromatic heterocycles. The van der Waals surface area contributed by atoms with E-state index < -0.39 is 17.2 Å². The van der Waals surface area contributed by atoms with Crippen LogP contribution in [0.2, 0.25) is 5.02 Å². The number of ether oxygens (including phenoxy) is 1. The molecule has 8 nitrogen and oxygen atoms in total. The fourth-order valence-corrected chi connectivity index (χ4v) is 3.51. The molecular formula is C22H25ClN4O4. The molecule has 2 heterocycles. The molecule has 0 unspecified atom stereocenters. The Morgan fingerprint density at radius 1 is 1.35 bits per heavy atom. The second-order valence-electron chi connectivity index (χ2n) is 7.10. The number of rotatable bonds is 7. The number of fused-ring (bicyclic) bond motifs is 1. The lowest BCUT2D eigenvalue weighted by atomic mass is 10.1. The van der Waals surface area contributed by atoms with Crippen LogP contribution in [0.25, 0.3) is 6.08 Å². The lowest BCUT2D eigenvalue weighted by Crippen LogP contribution is -2.40. The molecule has 31 heavy (non-hydrogen) atoms. The molecular weight excluding hydrogens is 420 g/mol. The standard InChI is InChI=1S/C22H25ClN4O4/c1-3-5-10-27-20(24)19(21(29)25-22(27)30)26(4-2)18(28)9-6-14-11-15-12-16(23)7-8-17(15)31-13-14/h6-9,11-12H,3-5,10,13,24H2,1-2H3,(H,25,29,30)/b9-6+. The van der Waals surface area contributed by atoms with Crippen LogP contribution < -0.4 is 26.6 Å². The number of aromatic nitrogens is 2. The first kappa shape index (κ1) is 22.4. The number of halogens is 1. The van der Waals surface area contributed by atoms with Crippen molar-refractivity contribution in [2.75, 3.05) is 23.8 Å². The van der Waals surface area contributed by atoms with E-state index in [1.807, 2.05) is 13.0 Å². The van der Waals surface area contributed by atoms with Gasteiger partial charge in [0, 0.05) is 29.8 Å². The molecule has 3 rings (SSSR count). The van der Waals surface area contributed by atoms with Crippen LogP contribution in [-0.4, -0.2) is 28.6 Å². The van der Waals surface area contributed by atoms with Gasteiger partial charge >= 0.3 is 5.69 Å². The van der Waals surface area contributed by atoms with Crippen LogP contribution >= 0.6 is 11.6 Å². The summed E-state index contributed by atoms with van der Waals surface area (Å²) >= 11 is 6.03. The first-order valence-electron chi connectivity index (χ1n) is 10.1. The summed E-state index contributed by atoms with van der Waals surface area (Å²) in [7, 11) is 0. The molecule has 1 amide bonds. The Labute approximate surface area is 184 Å². The number of amides is 1. The molecule has 0 radical (unpaired) electrons. The summed E-state index contributed by atoms with van der Waals surface area (Å²) in [5, 5.41) is 0.588. The maximum Gasteiger partial charge on any atom is 0.330 e. The zero-order chi connectivity index (χ0) is 22.5. The Bertz CT molecular complexity index is 1160. The number of benzene rings is 1. The first-order chi connectivity index (χ1) is 14.8. The minimum Gasteiger partial charge on any atom is -0.488 e. The van der Waals surface area contributed by atoms with Crippen LogP contribution in [0.1, 0.15) is 32.3 Å². The van der Waals surface area contributed by atoms with E-state index in [9.17, 15) is 14.4 Å². The topological polar surface area (TPSA) is 110 Å². The molecule has 0 saturated carbocycles. The quantitative estimate of drug-likeness (QED) is 0.638. The number of aromatic amines is 1. The monoisotopic (exact) mass is 444 g/mol. The van der Waals surface area contributed by atoms with Gasteiger partial charge in [-0.3, -0.25) is 19.1 Å². The Hall–Kier alpha value is -3.26. The van der Waals surface area contributed by atoms with Gasteiger partial charge in [0.15, 0.2) is 5.69 Å². The SMILES string of the molecule is CCCCn1c(N)c(N(CC)C(=O)/C=C/C2=Cc3cc(Cl)ccc3OC2)c(=O)[nH]c1=O. The van der Waals surface area contributed by atoms with Crippen molar-refractivity contribution < 1.29 is 9.53 Å². The largest absolute Gasteiger partial charge is 0.488 e. The van der Waals surface area contributed by atoms with E-state index in [0.717, 1.165) is 29.7 Å². The number of hydrogen-bond acceptors (Lipinski definition) is 5. The third-order valence-electron chi connectivity index (χ3n) is 4.95. The highest BCUT2D eigenvalue weighted by Gasteiger charge is 2.21. The highest BCUT2D eigenvalue weighted by molar-refractivity contribution is 6.30. The van der Waals surface area contributed by atoms with Crippen LogP contribution in [0.15, 0.2) is 45.5 Å². The maximum absolute atomic E-state index is 12.9. The van der Waals surface area contributed by atoms with Gasteiger partial charge < -0.3 is 15.4 Å². The summed E-state index contributed by atoms with van der Waals surface area (Å²) in [6, 6.07) is 5.32. The maximum atomic E-state index is 12.9. The summed E-state index contributed by atoms with van der Waals surface area (Å²) in [6.45, 7) is 4.58. The van der Waals surface area contributed by atoms with Crippen molar-refractivity contribution in [1.82, 2.24) is 9.55 Å². The van der Waals surface area contributed by atoms with Gasteiger partial charge in [-0.25, -0.2) is 4.79 Å². The normalized spacial score (nSPS) is 12.9. The molecule has 9 heteroatoms. The number of nitrogens with one attached hydrogen (secondary N) is 1. The smallest absolute Gasteiger partial charge is 0.330 e. The van der Waals surface area contributed by atoms with Gasteiger partial charge in [0.05, 0.1) is 0 Å². The van der Waals surface area contributed by atoms with Crippen LogP contribution in [0, 0.1) is 0 Å². The second kappa shape index (κ2) is 9.70. The number of nitrogen functional groups attached to an aromatic ring is 1. The zero-order valence-corrected chi connectivity index (χ0v) is 18.2. The van der Waals surface area contributed by atoms with E-state index >= 15 is 0 Å². The van der Waals surface area contributed by atoms with Crippen LogP contribution in [0.4, 0.5) is 11.5 Å². The summed E-state index contributed by atoms with van der Waals surface area (Å²) < 4.78 is 6.97. The van der Waals surface area contributed by atoms with E-state index in [1.165, 1.54) is 15.5 Å². The molecule has 0 fully saturated rings. The van der Waals surface area contributed by atoms with Gasteiger partial charge in [0.2, 0.25) is 0 Å². The number of nitrogens with two attached hydrogens (primary N) is 1. The third kappa shape index (κ3) is 4.91. The minimum absolute atomic E-state index is 0.0189. The van der Waals surface area contributed by atoms with Gasteiger partial charge in [-0.1, -0.05) is 31.0 Å². The first-order valence-corrected chi connectivity index (χ1v) is 10.5. The second-order valence-corrected chi connectivity index (χ2v) is 7.54. The minimum atomic E-state index is -0.692. The predicted molar refractivity (Wildman–Crippen MR) is 123 cm³/mol. The average Bonchev–Trinajstić information content (AvgIpc) is 2.74. The van der Waals surface area contributed by atoms with Crippen LogP contribution in [0.5, 0.6) is 5.75 Å². The molecule has 0 atom stereocenters. The molecule has 0 bridgehead atoms. The number of H-pyrrole nitrogens is 1. The number of carbonyl (C=O) groups excluding carboxylic acids is 1. The summed E-state index contributed by atoms with van der Waals surface area (Å²) in [6.07, 6.45) is 6.44. The van der Waals surface area contributed by atoms with Crippen molar-refractivity contribution in [2.45, 2.75) is 33.2 Å². The molecule has 0 saturated heterocycles. The van der Waals surface area contributed by atoms with E-state index in [4.69, 9.17) is 22.1 Å². The number of nitrogens with zero attached hydrogens (tertiary/aromatic N) is 2. The summed E-state index contributed by atoms with van der Waals surface area (Å²) in [5.41, 5.74) is 6.42. The third-order valence-corrected chi connectivity index (χ3v) is 5.18. The lowest BCUT2D eigenvalue weighted by molar-refractivity contribution is -0.114.